The first kappa shape index (κ1) is 14.7. The van der Waals surface area contributed by atoms with Crippen molar-refractivity contribution in [2.75, 3.05) is 18.8 Å². The minimum Gasteiger partial charge on any atom is -0.399 e. The fourth-order valence-electron chi connectivity index (χ4n) is 2.25. The number of hydrogen-bond acceptors (Lipinski definition) is 5. The Hall–Kier alpha value is -1.67. The molecule has 0 saturated carbocycles. The highest BCUT2D eigenvalue weighted by Gasteiger charge is 2.33. The van der Waals surface area contributed by atoms with E-state index in [1.807, 2.05) is 0 Å². The van der Waals surface area contributed by atoms with Crippen LogP contribution < -0.4 is 5.73 Å². The molecule has 1 aromatic carbocycles. The van der Waals surface area contributed by atoms with Crippen LogP contribution in [-0.4, -0.2) is 30.7 Å². The predicted molar refractivity (Wildman–Crippen MR) is 74.7 cm³/mol. The number of nitro benzene ring substituents is 1. The van der Waals surface area contributed by atoms with E-state index >= 15 is 0 Å². The first-order chi connectivity index (χ1) is 9.32. The van der Waals surface area contributed by atoms with Crippen LogP contribution >= 0.6 is 0 Å². The summed E-state index contributed by atoms with van der Waals surface area (Å²) < 4.78 is 26.4. The van der Waals surface area contributed by atoms with E-state index in [4.69, 9.17) is 5.73 Å². The smallest absolute Gasteiger partial charge is 0.289 e. The molecule has 2 rings (SSSR count). The summed E-state index contributed by atoms with van der Waals surface area (Å²) in [5.74, 6) is 0.470. The van der Waals surface area contributed by atoms with Crippen LogP contribution in [0.3, 0.4) is 0 Å². The van der Waals surface area contributed by atoms with Gasteiger partial charge in [0.05, 0.1) is 4.92 Å². The minimum absolute atomic E-state index is 0.194. The van der Waals surface area contributed by atoms with Gasteiger partial charge in [-0.1, -0.05) is 6.92 Å². The zero-order chi connectivity index (χ0) is 14.9. The lowest BCUT2D eigenvalue weighted by atomic mass is 10.0. The minimum atomic E-state index is -3.87. The fraction of sp³-hybridized carbons (Fsp3) is 0.500. The van der Waals surface area contributed by atoms with Crippen LogP contribution in [0.5, 0.6) is 0 Å². The molecule has 1 heterocycles. The summed E-state index contributed by atoms with van der Waals surface area (Å²) in [6.45, 7) is 2.83. The van der Waals surface area contributed by atoms with Gasteiger partial charge in [-0.25, -0.2) is 8.42 Å². The Bertz CT molecular complexity index is 622. The van der Waals surface area contributed by atoms with Crippen molar-refractivity contribution in [3.8, 4) is 0 Å². The molecule has 1 saturated heterocycles. The van der Waals surface area contributed by atoms with Gasteiger partial charge in [0, 0.05) is 24.8 Å². The van der Waals surface area contributed by atoms with E-state index in [1.165, 1.54) is 10.4 Å². The summed E-state index contributed by atoms with van der Waals surface area (Å²) in [5, 5.41) is 11.0. The number of anilines is 1. The molecule has 0 aliphatic carbocycles. The Kier molecular flexibility index (Phi) is 3.96. The van der Waals surface area contributed by atoms with Crippen molar-refractivity contribution in [2.24, 2.45) is 5.92 Å². The fourth-order valence-corrected chi connectivity index (χ4v) is 3.91. The molecule has 1 aromatic rings. The Morgan fingerprint density at radius 3 is 2.50 bits per heavy atom. The zero-order valence-electron chi connectivity index (χ0n) is 11.2. The quantitative estimate of drug-likeness (QED) is 0.518. The van der Waals surface area contributed by atoms with Crippen molar-refractivity contribution in [2.45, 2.75) is 24.7 Å². The number of piperidine rings is 1. The number of nitrogen functional groups attached to an aromatic ring is 1. The van der Waals surface area contributed by atoms with E-state index in [0.717, 1.165) is 25.0 Å². The molecule has 0 aromatic heterocycles. The zero-order valence-corrected chi connectivity index (χ0v) is 12.0. The normalized spacial score (nSPS) is 18.1. The maximum absolute atomic E-state index is 12.5. The van der Waals surface area contributed by atoms with Crippen LogP contribution in [0.25, 0.3) is 0 Å². The largest absolute Gasteiger partial charge is 0.399 e. The Labute approximate surface area is 117 Å². The molecular weight excluding hydrogens is 282 g/mol. The highest BCUT2D eigenvalue weighted by Crippen LogP contribution is 2.30. The SMILES string of the molecule is CC1CCN(S(=O)(=O)c2cc(N)ccc2[N+](=O)[O-])CC1. The van der Waals surface area contributed by atoms with Crippen LogP contribution in [-0.2, 0) is 10.0 Å². The summed E-state index contributed by atoms with van der Waals surface area (Å²) in [7, 11) is -3.87. The monoisotopic (exact) mass is 299 g/mol. The number of nitro groups is 1. The second-order valence-corrected chi connectivity index (χ2v) is 6.98. The van der Waals surface area contributed by atoms with Gasteiger partial charge in [-0.05, 0) is 30.9 Å². The predicted octanol–water partition coefficient (Wildman–Crippen LogP) is 1.60. The molecule has 0 radical (unpaired) electrons. The third-order valence-electron chi connectivity index (χ3n) is 3.54. The standard InChI is InChI=1S/C12H17N3O4S/c1-9-4-6-14(7-5-9)20(18,19)12-8-10(13)2-3-11(12)15(16)17/h2-3,8-9H,4-7,13H2,1H3. The third kappa shape index (κ3) is 2.75. The first-order valence-electron chi connectivity index (χ1n) is 6.36. The number of sulfonamides is 1. The van der Waals surface area contributed by atoms with Crippen molar-refractivity contribution < 1.29 is 13.3 Å². The molecule has 7 nitrogen and oxygen atoms in total. The summed E-state index contributed by atoms with van der Waals surface area (Å²) >= 11 is 0. The number of rotatable bonds is 3. The van der Waals surface area contributed by atoms with Crippen molar-refractivity contribution in [1.82, 2.24) is 4.31 Å². The molecular formula is C12H17N3O4S. The second kappa shape index (κ2) is 5.37. The lowest BCUT2D eigenvalue weighted by Crippen LogP contribution is -2.38. The van der Waals surface area contributed by atoms with Crippen LogP contribution in [0.4, 0.5) is 11.4 Å². The van der Waals surface area contributed by atoms with Crippen LogP contribution in [0, 0.1) is 16.0 Å². The van der Waals surface area contributed by atoms with Crippen LogP contribution in [0.2, 0.25) is 0 Å². The van der Waals surface area contributed by atoms with E-state index in [9.17, 15) is 18.5 Å². The lowest BCUT2D eigenvalue weighted by Gasteiger charge is -2.29. The van der Waals surface area contributed by atoms with Gasteiger partial charge in [0.1, 0.15) is 0 Å². The van der Waals surface area contributed by atoms with Crippen molar-refractivity contribution in [3.63, 3.8) is 0 Å². The molecule has 8 heteroatoms. The van der Waals surface area contributed by atoms with Crippen molar-refractivity contribution in [3.05, 3.63) is 28.3 Å². The topological polar surface area (TPSA) is 107 Å². The van der Waals surface area contributed by atoms with Gasteiger partial charge in [-0.15, -0.1) is 0 Å². The Balaban J connectivity index is 2.43. The molecule has 1 aliphatic heterocycles. The van der Waals surface area contributed by atoms with Gasteiger partial charge in [0.2, 0.25) is 10.0 Å². The molecule has 0 unspecified atom stereocenters. The number of hydrogen-bond donors (Lipinski definition) is 1. The van der Waals surface area contributed by atoms with Gasteiger partial charge in [0.15, 0.2) is 4.90 Å². The van der Waals surface area contributed by atoms with E-state index in [2.05, 4.69) is 6.92 Å². The summed E-state index contributed by atoms with van der Waals surface area (Å²) in [6.07, 6.45) is 1.52. The summed E-state index contributed by atoms with van der Waals surface area (Å²) in [6, 6.07) is 3.62. The second-order valence-electron chi connectivity index (χ2n) is 5.07. The lowest BCUT2D eigenvalue weighted by molar-refractivity contribution is -0.387. The highest BCUT2D eigenvalue weighted by molar-refractivity contribution is 7.89. The van der Waals surface area contributed by atoms with E-state index < -0.39 is 20.6 Å². The van der Waals surface area contributed by atoms with E-state index in [1.54, 1.807) is 0 Å². The molecule has 1 fully saturated rings. The Morgan fingerprint density at radius 2 is 1.95 bits per heavy atom. The van der Waals surface area contributed by atoms with E-state index in [-0.39, 0.29) is 10.6 Å². The average Bonchev–Trinajstić information content (AvgIpc) is 2.38. The van der Waals surface area contributed by atoms with Crippen molar-refractivity contribution >= 4 is 21.4 Å². The third-order valence-corrected chi connectivity index (χ3v) is 5.47. The van der Waals surface area contributed by atoms with Gasteiger partial charge < -0.3 is 5.73 Å². The molecule has 1 aliphatic rings. The van der Waals surface area contributed by atoms with Crippen LogP contribution in [0.1, 0.15) is 19.8 Å². The maximum Gasteiger partial charge on any atom is 0.289 e. The molecule has 0 atom stereocenters. The number of nitrogens with two attached hydrogens (primary N) is 1. The maximum atomic E-state index is 12.5. The molecule has 0 spiro atoms. The summed E-state index contributed by atoms with van der Waals surface area (Å²) in [4.78, 5) is 9.98. The average molecular weight is 299 g/mol. The molecule has 0 bridgehead atoms. The molecule has 2 N–H and O–H groups in total. The van der Waals surface area contributed by atoms with Gasteiger partial charge >= 0.3 is 0 Å². The van der Waals surface area contributed by atoms with Gasteiger partial charge in [-0.3, -0.25) is 10.1 Å². The molecule has 110 valence electrons. The highest BCUT2D eigenvalue weighted by atomic mass is 32.2. The summed E-state index contributed by atoms with van der Waals surface area (Å²) in [5.41, 5.74) is 5.33. The van der Waals surface area contributed by atoms with Gasteiger partial charge in [-0.2, -0.15) is 4.31 Å². The van der Waals surface area contributed by atoms with E-state index in [0.29, 0.717) is 19.0 Å². The molecule has 20 heavy (non-hydrogen) atoms. The molecule has 0 amide bonds. The van der Waals surface area contributed by atoms with Crippen LogP contribution in [0.15, 0.2) is 23.1 Å². The Morgan fingerprint density at radius 1 is 1.35 bits per heavy atom. The first-order valence-corrected chi connectivity index (χ1v) is 7.80. The van der Waals surface area contributed by atoms with Crippen molar-refractivity contribution in [1.29, 1.82) is 0 Å². The van der Waals surface area contributed by atoms with Gasteiger partial charge in [0.25, 0.3) is 5.69 Å². The number of nitrogens with zero attached hydrogens (tertiary/aromatic N) is 2. The number of benzene rings is 1.